The maximum Gasteiger partial charge on any atom is 0.235 e. The summed E-state index contributed by atoms with van der Waals surface area (Å²) in [5, 5.41) is 3.11. The van der Waals surface area contributed by atoms with Crippen LogP contribution < -0.4 is 19.5 Å². The van der Waals surface area contributed by atoms with Crippen molar-refractivity contribution in [2.75, 3.05) is 19.2 Å². The number of nitrogens with one attached hydrogen (secondary N) is 1. The van der Waals surface area contributed by atoms with E-state index < -0.39 is 5.41 Å². The first-order valence-corrected chi connectivity index (χ1v) is 9.64. The molecule has 3 aromatic carbocycles. The van der Waals surface area contributed by atoms with Crippen molar-refractivity contribution in [2.45, 2.75) is 18.3 Å². The average Bonchev–Trinajstić information content (AvgIpc) is 3.45. The van der Waals surface area contributed by atoms with Crippen LogP contribution in [0.1, 0.15) is 18.4 Å². The molecule has 0 radical (unpaired) electrons. The predicted octanol–water partition coefficient (Wildman–Crippen LogP) is 4.76. The first kappa shape index (κ1) is 17.6. The maximum absolute atomic E-state index is 13.1. The number of rotatable bonds is 5. The Morgan fingerprint density at radius 1 is 0.931 bits per heavy atom. The Balaban J connectivity index is 1.37. The fourth-order valence-electron chi connectivity index (χ4n) is 3.78. The van der Waals surface area contributed by atoms with Crippen molar-refractivity contribution in [3.05, 3.63) is 72.3 Å². The Labute approximate surface area is 169 Å². The first-order valence-electron chi connectivity index (χ1n) is 9.64. The topological polar surface area (TPSA) is 56.8 Å². The first-order chi connectivity index (χ1) is 14.2. The van der Waals surface area contributed by atoms with E-state index in [-0.39, 0.29) is 12.7 Å². The van der Waals surface area contributed by atoms with Crippen LogP contribution in [-0.4, -0.2) is 19.8 Å². The quantitative estimate of drug-likeness (QED) is 0.686. The van der Waals surface area contributed by atoms with Gasteiger partial charge in [-0.25, -0.2) is 0 Å². The molecule has 3 aromatic rings. The highest BCUT2D eigenvalue weighted by Gasteiger charge is 2.51. The molecule has 29 heavy (non-hydrogen) atoms. The van der Waals surface area contributed by atoms with Gasteiger partial charge in [0.05, 0.1) is 12.5 Å². The van der Waals surface area contributed by atoms with Gasteiger partial charge in [0.1, 0.15) is 5.75 Å². The van der Waals surface area contributed by atoms with E-state index in [1.165, 1.54) is 0 Å². The van der Waals surface area contributed by atoms with Crippen LogP contribution in [0.3, 0.4) is 0 Å². The van der Waals surface area contributed by atoms with E-state index in [9.17, 15) is 4.79 Å². The molecule has 1 aliphatic heterocycles. The third kappa shape index (κ3) is 3.18. The molecule has 1 N–H and O–H groups in total. The molecule has 1 heterocycles. The van der Waals surface area contributed by atoms with Crippen molar-refractivity contribution in [2.24, 2.45) is 0 Å². The number of hydrogen-bond donors (Lipinski definition) is 1. The molecule has 146 valence electrons. The van der Waals surface area contributed by atoms with Crippen molar-refractivity contribution in [3.8, 4) is 28.4 Å². The standard InChI is InChI=1S/C24H21NO4/c1-27-20-8-5-16(6-9-20)17-3-2-4-19(13-17)25-23(26)24(11-12-24)18-7-10-21-22(14-18)29-15-28-21/h2-10,13-14H,11-12,15H2,1H3,(H,25,26). The summed E-state index contributed by atoms with van der Waals surface area (Å²) < 4.78 is 16.1. The molecular weight excluding hydrogens is 366 g/mol. The lowest BCUT2D eigenvalue weighted by Gasteiger charge is -2.17. The SMILES string of the molecule is COc1ccc(-c2cccc(NC(=O)C3(c4ccc5c(c4)OCO5)CC3)c2)cc1. The molecule has 1 fully saturated rings. The second-order valence-electron chi connectivity index (χ2n) is 7.41. The molecule has 0 saturated heterocycles. The molecule has 5 nitrogen and oxygen atoms in total. The minimum absolute atomic E-state index is 0.0169. The number of hydrogen-bond acceptors (Lipinski definition) is 4. The Bertz CT molecular complexity index is 1070. The largest absolute Gasteiger partial charge is 0.497 e. The van der Waals surface area contributed by atoms with Crippen LogP contribution >= 0.6 is 0 Å². The predicted molar refractivity (Wildman–Crippen MR) is 111 cm³/mol. The third-order valence-electron chi connectivity index (χ3n) is 5.65. The second kappa shape index (κ2) is 6.85. The monoisotopic (exact) mass is 387 g/mol. The van der Waals surface area contributed by atoms with E-state index in [4.69, 9.17) is 14.2 Å². The summed E-state index contributed by atoms with van der Waals surface area (Å²) >= 11 is 0. The van der Waals surface area contributed by atoms with Crippen molar-refractivity contribution < 1.29 is 19.0 Å². The lowest BCUT2D eigenvalue weighted by Crippen LogP contribution is -2.27. The van der Waals surface area contributed by atoms with Crippen LogP contribution in [-0.2, 0) is 10.2 Å². The van der Waals surface area contributed by atoms with Gasteiger partial charge in [-0.15, -0.1) is 0 Å². The summed E-state index contributed by atoms with van der Waals surface area (Å²) in [5.74, 6) is 2.28. The molecule has 5 rings (SSSR count). The summed E-state index contributed by atoms with van der Waals surface area (Å²) in [6, 6.07) is 21.6. The molecule has 0 unspecified atom stereocenters. The van der Waals surface area contributed by atoms with Crippen LogP contribution in [0.4, 0.5) is 5.69 Å². The van der Waals surface area contributed by atoms with Crippen molar-refractivity contribution in [1.82, 2.24) is 0 Å². The van der Waals surface area contributed by atoms with Crippen LogP contribution in [0.2, 0.25) is 0 Å². The molecule has 0 bridgehead atoms. The van der Waals surface area contributed by atoms with Gasteiger partial charge in [0.2, 0.25) is 12.7 Å². The zero-order chi connectivity index (χ0) is 19.8. The maximum atomic E-state index is 13.1. The van der Waals surface area contributed by atoms with Crippen molar-refractivity contribution in [1.29, 1.82) is 0 Å². The molecular formula is C24H21NO4. The zero-order valence-corrected chi connectivity index (χ0v) is 16.1. The Kier molecular flexibility index (Phi) is 4.16. The number of methoxy groups -OCH3 is 1. The molecule has 1 saturated carbocycles. The van der Waals surface area contributed by atoms with Gasteiger partial charge in [-0.2, -0.15) is 0 Å². The van der Waals surface area contributed by atoms with Gasteiger partial charge in [0.15, 0.2) is 11.5 Å². The van der Waals surface area contributed by atoms with Gasteiger partial charge in [0, 0.05) is 5.69 Å². The number of ether oxygens (including phenoxy) is 3. The lowest BCUT2D eigenvalue weighted by atomic mass is 9.94. The molecule has 1 aliphatic carbocycles. The molecule has 0 spiro atoms. The van der Waals surface area contributed by atoms with E-state index >= 15 is 0 Å². The highest BCUT2D eigenvalue weighted by molar-refractivity contribution is 6.01. The molecule has 0 atom stereocenters. The molecule has 2 aliphatic rings. The highest BCUT2D eigenvalue weighted by Crippen LogP contribution is 2.51. The van der Waals surface area contributed by atoms with E-state index in [2.05, 4.69) is 5.32 Å². The lowest BCUT2D eigenvalue weighted by molar-refractivity contribution is -0.118. The van der Waals surface area contributed by atoms with Gasteiger partial charge in [-0.05, 0) is 65.9 Å². The summed E-state index contributed by atoms with van der Waals surface area (Å²) in [4.78, 5) is 13.1. The molecule has 0 aromatic heterocycles. The Hall–Kier alpha value is -3.47. The number of carbonyl (C=O) groups excluding carboxylic acids is 1. The fraction of sp³-hybridized carbons (Fsp3) is 0.208. The molecule has 5 heteroatoms. The Morgan fingerprint density at radius 3 is 2.48 bits per heavy atom. The smallest absolute Gasteiger partial charge is 0.235 e. The second-order valence-corrected chi connectivity index (χ2v) is 7.41. The fourth-order valence-corrected chi connectivity index (χ4v) is 3.78. The highest BCUT2D eigenvalue weighted by atomic mass is 16.7. The van der Waals surface area contributed by atoms with E-state index in [0.717, 1.165) is 46.7 Å². The average molecular weight is 387 g/mol. The number of benzene rings is 3. The molecule has 1 amide bonds. The summed E-state index contributed by atoms with van der Waals surface area (Å²) in [6.45, 7) is 0.232. The van der Waals surface area contributed by atoms with Gasteiger partial charge < -0.3 is 19.5 Å². The van der Waals surface area contributed by atoms with Gasteiger partial charge in [-0.3, -0.25) is 4.79 Å². The minimum atomic E-state index is -0.489. The van der Waals surface area contributed by atoms with E-state index in [0.29, 0.717) is 5.75 Å². The van der Waals surface area contributed by atoms with Gasteiger partial charge >= 0.3 is 0 Å². The number of fused-ring (bicyclic) bond motifs is 1. The van der Waals surface area contributed by atoms with Crippen LogP contribution in [0, 0.1) is 0 Å². The van der Waals surface area contributed by atoms with Gasteiger partial charge in [0.25, 0.3) is 0 Å². The summed E-state index contributed by atoms with van der Waals surface area (Å²) in [6.07, 6.45) is 1.66. The van der Waals surface area contributed by atoms with Crippen molar-refractivity contribution >= 4 is 11.6 Å². The number of amides is 1. The normalized spacial score (nSPS) is 15.6. The van der Waals surface area contributed by atoms with Crippen LogP contribution in [0.15, 0.2) is 66.7 Å². The van der Waals surface area contributed by atoms with Crippen LogP contribution in [0.5, 0.6) is 17.2 Å². The van der Waals surface area contributed by atoms with E-state index in [1.54, 1.807) is 7.11 Å². The van der Waals surface area contributed by atoms with Crippen molar-refractivity contribution in [3.63, 3.8) is 0 Å². The van der Waals surface area contributed by atoms with Gasteiger partial charge in [-0.1, -0.05) is 30.3 Å². The minimum Gasteiger partial charge on any atom is -0.497 e. The number of anilines is 1. The van der Waals surface area contributed by atoms with Crippen LogP contribution in [0.25, 0.3) is 11.1 Å². The summed E-state index contributed by atoms with van der Waals surface area (Å²) in [7, 11) is 1.65. The third-order valence-corrected chi connectivity index (χ3v) is 5.65. The Morgan fingerprint density at radius 2 is 1.72 bits per heavy atom. The number of carbonyl (C=O) groups is 1. The van der Waals surface area contributed by atoms with E-state index in [1.807, 2.05) is 66.7 Å². The zero-order valence-electron chi connectivity index (χ0n) is 16.1. The summed E-state index contributed by atoms with van der Waals surface area (Å²) in [5.41, 5.74) is 3.38.